The average Bonchev–Trinajstić information content (AvgIpc) is 3.22. The van der Waals surface area contributed by atoms with Gasteiger partial charge in [-0.15, -0.1) is 0 Å². The Hall–Kier alpha value is -2.11. The zero-order valence-corrected chi connectivity index (χ0v) is 15.9. The molecule has 0 radical (unpaired) electrons. The van der Waals surface area contributed by atoms with Gasteiger partial charge in [-0.1, -0.05) is 18.6 Å². The lowest BCUT2D eigenvalue weighted by molar-refractivity contribution is -0.127. The Morgan fingerprint density at radius 3 is 2.73 bits per heavy atom. The fraction of sp³-hybridized carbons (Fsp3) is 0.600. The number of carbonyl (C=O) groups excluding carboxylic acids is 1. The van der Waals surface area contributed by atoms with Crippen LogP contribution >= 0.6 is 0 Å². The molecule has 1 amide bonds. The van der Waals surface area contributed by atoms with Crippen molar-refractivity contribution in [1.82, 2.24) is 15.5 Å². The number of hydrogen-bond acceptors (Lipinski definition) is 2. The number of hydrogen-bond donors (Lipinski definition) is 2. The van der Waals surface area contributed by atoms with E-state index in [1.165, 1.54) is 31.7 Å². The predicted molar refractivity (Wildman–Crippen MR) is 101 cm³/mol. The van der Waals surface area contributed by atoms with Gasteiger partial charge in [0.2, 0.25) is 5.91 Å². The Morgan fingerprint density at radius 1 is 1.31 bits per heavy atom. The Balaban J connectivity index is 1.66. The van der Waals surface area contributed by atoms with E-state index in [1.807, 2.05) is 6.07 Å². The van der Waals surface area contributed by atoms with E-state index in [4.69, 9.17) is 0 Å². The number of aryl methyl sites for hydroxylation is 1. The Kier molecular flexibility index (Phi) is 5.79. The van der Waals surface area contributed by atoms with Crippen molar-refractivity contribution in [2.75, 3.05) is 20.6 Å². The summed E-state index contributed by atoms with van der Waals surface area (Å²) >= 11 is 0. The number of carbonyl (C=O) groups is 1. The summed E-state index contributed by atoms with van der Waals surface area (Å²) in [6, 6.07) is 5.49. The van der Waals surface area contributed by atoms with Gasteiger partial charge in [-0.3, -0.25) is 4.79 Å². The van der Waals surface area contributed by atoms with E-state index < -0.39 is 0 Å². The van der Waals surface area contributed by atoms with Crippen LogP contribution in [0.1, 0.15) is 36.8 Å². The molecule has 0 spiro atoms. The third kappa shape index (κ3) is 4.54. The van der Waals surface area contributed by atoms with Gasteiger partial charge in [0.05, 0.1) is 13.1 Å². The first-order chi connectivity index (χ1) is 12.4. The summed E-state index contributed by atoms with van der Waals surface area (Å²) in [7, 11) is 3.48. The highest BCUT2D eigenvalue weighted by atomic mass is 19.1. The zero-order valence-electron chi connectivity index (χ0n) is 15.9. The molecule has 2 saturated carbocycles. The van der Waals surface area contributed by atoms with Gasteiger partial charge >= 0.3 is 0 Å². The van der Waals surface area contributed by atoms with Crippen LogP contribution in [0.2, 0.25) is 0 Å². The van der Waals surface area contributed by atoms with Crippen LogP contribution in [0.15, 0.2) is 23.2 Å². The van der Waals surface area contributed by atoms with E-state index in [2.05, 4.69) is 15.6 Å². The second kappa shape index (κ2) is 8.06. The highest BCUT2D eigenvalue weighted by Crippen LogP contribution is 2.44. The predicted octanol–water partition coefficient (Wildman–Crippen LogP) is 2.45. The van der Waals surface area contributed by atoms with Gasteiger partial charge in [0.1, 0.15) is 5.82 Å². The minimum absolute atomic E-state index is 0.00469. The largest absolute Gasteiger partial charge is 0.353 e. The van der Waals surface area contributed by atoms with Crippen molar-refractivity contribution in [3.63, 3.8) is 0 Å². The maximum Gasteiger partial charge on any atom is 0.241 e. The van der Waals surface area contributed by atoms with Crippen molar-refractivity contribution >= 4 is 11.9 Å². The highest BCUT2D eigenvalue weighted by molar-refractivity contribution is 5.86. The second-order valence-corrected chi connectivity index (χ2v) is 7.82. The van der Waals surface area contributed by atoms with Crippen molar-refractivity contribution in [2.45, 2.75) is 45.2 Å². The van der Waals surface area contributed by atoms with Gasteiger partial charge in [-0.05, 0) is 55.2 Å². The van der Waals surface area contributed by atoms with E-state index in [9.17, 15) is 9.18 Å². The van der Waals surface area contributed by atoms with Crippen LogP contribution in [0.3, 0.4) is 0 Å². The van der Waals surface area contributed by atoms with Gasteiger partial charge in [0, 0.05) is 20.1 Å². The number of fused-ring (bicyclic) bond motifs is 2. The van der Waals surface area contributed by atoms with E-state index >= 15 is 0 Å². The first kappa shape index (κ1) is 18.7. The maximum atomic E-state index is 13.4. The topological polar surface area (TPSA) is 56.7 Å². The summed E-state index contributed by atoms with van der Waals surface area (Å²) < 4.78 is 13.4. The van der Waals surface area contributed by atoms with Crippen LogP contribution in [0.5, 0.6) is 0 Å². The fourth-order valence-electron chi connectivity index (χ4n) is 4.04. The number of rotatable bonds is 5. The van der Waals surface area contributed by atoms with Crippen molar-refractivity contribution in [3.05, 3.63) is 35.1 Å². The third-order valence-electron chi connectivity index (χ3n) is 5.61. The molecule has 26 heavy (non-hydrogen) atoms. The highest BCUT2D eigenvalue weighted by Gasteiger charge is 2.39. The molecule has 1 aromatic carbocycles. The number of aliphatic imine (C=N–C) groups is 1. The lowest BCUT2D eigenvalue weighted by Gasteiger charge is -2.25. The molecule has 0 saturated heterocycles. The molecule has 0 aromatic heterocycles. The molecule has 2 aliphatic rings. The summed E-state index contributed by atoms with van der Waals surface area (Å²) in [5, 5.41) is 6.69. The first-order valence-corrected chi connectivity index (χ1v) is 9.42. The quantitative estimate of drug-likeness (QED) is 0.626. The van der Waals surface area contributed by atoms with Crippen LogP contribution < -0.4 is 10.6 Å². The minimum Gasteiger partial charge on any atom is -0.353 e. The molecule has 2 bridgehead atoms. The van der Waals surface area contributed by atoms with Gasteiger partial charge in [0.15, 0.2) is 5.96 Å². The van der Waals surface area contributed by atoms with Gasteiger partial charge < -0.3 is 15.5 Å². The summed E-state index contributed by atoms with van der Waals surface area (Å²) in [6.07, 6.45) is 5.11. The molecule has 5 nitrogen and oxygen atoms in total. The summed E-state index contributed by atoms with van der Waals surface area (Å²) in [6.45, 7) is 2.42. The van der Waals surface area contributed by atoms with Crippen molar-refractivity contribution in [3.8, 4) is 0 Å². The van der Waals surface area contributed by atoms with Crippen molar-refractivity contribution < 1.29 is 9.18 Å². The zero-order chi connectivity index (χ0) is 18.7. The Labute approximate surface area is 155 Å². The first-order valence-electron chi connectivity index (χ1n) is 9.42. The summed E-state index contributed by atoms with van der Waals surface area (Å²) in [4.78, 5) is 18.1. The molecule has 0 heterocycles. The lowest BCUT2D eigenvalue weighted by Crippen LogP contribution is -2.48. The number of guanidine groups is 1. The maximum absolute atomic E-state index is 13.4. The fourth-order valence-corrected chi connectivity index (χ4v) is 4.04. The van der Waals surface area contributed by atoms with Crippen molar-refractivity contribution in [2.24, 2.45) is 16.8 Å². The van der Waals surface area contributed by atoms with E-state index in [1.54, 1.807) is 32.0 Å². The van der Waals surface area contributed by atoms with Gasteiger partial charge in [-0.25, -0.2) is 9.38 Å². The average molecular weight is 360 g/mol. The second-order valence-electron chi connectivity index (χ2n) is 7.82. The van der Waals surface area contributed by atoms with Gasteiger partial charge in [0.25, 0.3) is 0 Å². The molecule has 0 aliphatic heterocycles. The van der Waals surface area contributed by atoms with E-state index in [0.717, 1.165) is 11.5 Å². The molecule has 3 atom stereocenters. The molecule has 6 heteroatoms. The molecule has 2 aliphatic carbocycles. The number of nitrogens with one attached hydrogen (secondary N) is 2. The number of nitrogens with zero attached hydrogens (tertiary/aromatic N) is 2. The molecule has 2 N–H and O–H groups in total. The van der Waals surface area contributed by atoms with Crippen LogP contribution in [0.25, 0.3) is 0 Å². The number of halogens is 1. The molecule has 142 valence electrons. The van der Waals surface area contributed by atoms with E-state index in [0.29, 0.717) is 30.0 Å². The third-order valence-corrected chi connectivity index (χ3v) is 5.61. The number of benzene rings is 1. The van der Waals surface area contributed by atoms with Crippen LogP contribution in [-0.2, 0) is 11.3 Å². The SMILES string of the molecule is Cc1cc(CN=C(NCC(=O)N(C)C)NC2CC3CCC2C3)ccc1F. The molecule has 2 fully saturated rings. The number of amides is 1. The number of likely N-dealkylation sites (N-methyl/N-ethyl adjacent to an activating group) is 1. The smallest absolute Gasteiger partial charge is 0.241 e. The van der Waals surface area contributed by atoms with Crippen LogP contribution in [-0.4, -0.2) is 43.4 Å². The van der Waals surface area contributed by atoms with Crippen LogP contribution in [0.4, 0.5) is 4.39 Å². The standard InChI is InChI=1S/C20H29FN4O/c1-13-8-15(5-7-17(13)21)11-22-20(23-12-19(26)25(2)3)24-18-10-14-4-6-16(18)9-14/h5,7-8,14,16,18H,4,6,9-12H2,1-3H3,(H2,22,23,24). The molecule has 3 unspecified atom stereocenters. The van der Waals surface area contributed by atoms with Gasteiger partial charge in [-0.2, -0.15) is 0 Å². The lowest BCUT2D eigenvalue weighted by atomic mass is 9.95. The van der Waals surface area contributed by atoms with E-state index in [-0.39, 0.29) is 18.3 Å². The normalized spacial score (nSPS) is 24.6. The molecule has 3 rings (SSSR count). The monoisotopic (exact) mass is 360 g/mol. The molecular weight excluding hydrogens is 331 g/mol. The molecular formula is C20H29FN4O. The molecule has 1 aromatic rings. The Bertz CT molecular complexity index is 688. The van der Waals surface area contributed by atoms with Crippen molar-refractivity contribution in [1.29, 1.82) is 0 Å². The minimum atomic E-state index is -0.201. The Morgan fingerprint density at radius 2 is 2.12 bits per heavy atom. The summed E-state index contributed by atoms with van der Waals surface area (Å²) in [5.41, 5.74) is 1.58. The van der Waals surface area contributed by atoms with Crippen LogP contribution in [0, 0.1) is 24.6 Å². The summed E-state index contributed by atoms with van der Waals surface area (Å²) in [5.74, 6) is 2.02.